The van der Waals surface area contributed by atoms with Crippen LogP contribution < -0.4 is 0 Å². The van der Waals surface area contributed by atoms with Crippen molar-refractivity contribution in [1.82, 2.24) is 0 Å². The van der Waals surface area contributed by atoms with Gasteiger partial charge in [-0.2, -0.15) is 0 Å². The number of unbranched alkanes of at least 4 members (excludes halogenated alkanes) is 3. The Kier molecular flexibility index (Phi) is 33.2. The Morgan fingerprint density at radius 1 is 0.405 bits per heavy atom. The molecule has 0 unspecified atom stereocenters. The molecular weight excluding hydrogens is 512 g/mol. The molecule has 0 aromatic rings. The Morgan fingerprint density at radius 3 is 1.07 bits per heavy atom. The van der Waals surface area contributed by atoms with Gasteiger partial charge in [0.2, 0.25) is 0 Å². The van der Waals surface area contributed by atoms with Gasteiger partial charge in [-0.1, -0.05) is 135 Å². The summed E-state index contributed by atoms with van der Waals surface area (Å²) in [6.07, 6.45) is 59.6. The topological polar surface area (TPSA) is 26.3 Å². The van der Waals surface area contributed by atoms with Gasteiger partial charge in [-0.3, -0.25) is 4.79 Å². The molecule has 0 amide bonds. The van der Waals surface area contributed by atoms with Gasteiger partial charge in [0.15, 0.2) is 0 Å². The fraction of sp³-hybridized carbons (Fsp3) is 0.475. The molecule has 2 heteroatoms. The fourth-order valence-corrected chi connectivity index (χ4v) is 3.72. The van der Waals surface area contributed by atoms with Crippen LogP contribution in [0.2, 0.25) is 0 Å². The molecule has 2 nitrogen and oxygen atoms in total. The molecule has 0 spiro atoms. The standard InChI is InChI=1S/C40H60O2/c1-3-5-7-9-11-13-15-17-19-21-23-25-27-29-31-33-35-37-39-42-40(41)38-36-34-32-30-28-26-24-22-20-18-16-14-12-10-8-6-4-2/h5-8,11-14,17-20,23-26,29-32H,3-4,9-10,15-16,21-22,27-28,33-39H2,1-2H3/b7-5+,8-6+,13-11+,14-12+,19-17+,20-18+,25-23+,26-24+,31-29+,32-30+. The van der Waals surface area contributed by atoms with Gasteiger partial charge < -0.3 is 4.74 Å². The molecule has 0 aromatic carbocycles. The van der Waals surface area contributed by atoms with E-state index in [4.69, 9.17) is 4.74 Å². The average molecular weight is 573 g/mol. The van der Waals surface area contributed by atoms with Crippen molar-refractivity contribution >= 4 is 5.97 Å². The molecule has 42 heavy (non-hydrogen) atoms. The minimum atomic E-state index is -0.0720. The molecule has 0 aliphatic heterocycles. The van der Waals surface area contributed by atoms with E-state index in [9.17, 15) is 4.79 Å². The molecule has 0 saturated heterocycles. The highest BCUT2D eigenvalue weighted by Gasteiger charge is 2.00. The van der Waals surface area contributed by atoms with Crippen LogP contribution in [-0.4, -0.2) is 12.6 Å². The van der Waals surface area contributed by atoms with E-state index in [-0.39, 0.29) is 5.97 Å². The van der Waals surface area contributed by atoms with Gasteiger partial charge in [0.1, 0.15) is 0 Å². The second-order valence-electron chi connectivity index (χ2n) is 10.0. The van der Waals surface area contributed by atoms with Crippen LogP contribution in [0.4, 0.5) is 0 Å². The Morgan fingerprint density at radius 2 is 0.714 bits per heavy atom. The molecule has 0 heterocycles. The SMILES string of the molecule is CC/C=C/C/C=C/C/C=C/C/C=C/C/C=C/CCCCOC(=O)CCC/C=C/C/C=C/C/C=C/C/C=C/C/C=C/CC. The lowest BCUT2D eigenvalue weighted by atomic mass is 10.2. The smallest absolute Gasteiger partial charge is 0.305 e. The minimum Gasteiger partial charge on any atom is -0.466 e. The fourth-order valence-electron chi connectivity index (χ4n) is 3.72. The van der Waals surface area contributed by atoms with Crippen LogP contribution in [0.15, 0.2) is 122 Å². The van der Waals surface area contributed by atoms with E-state index in [0.29, 0.717) is 13.0 Å². The van der Waals surface area contributed by atoms with Crippen molar-refractivity contribution < 1.29 is 9.53 Å². The summed E-state index contributed by atoms with van der Waals surface area (Å²) >= 11 is 0. The van der Waals surface area contributed by atoms with Crippen LogP contribution in [0, 0.1) is 0 Å². The maximum Gasteiger partial charge on any atom is 0.305 e. The summed E-state index contributed by atoms with van der Waals surface area (Å²) in [7, 11) is 0. The Hall–Kier alpha value is -3.13. The summed E-state index contributed by atoms with van der Waals surface area (Å²) in [5.41, 5.74) is 0. The van der Waals surface area contributed by atoms with Crippen molar-refractivity contribution in [2.24, 2.45) is 0 Å². The molecular formula is C40H60O2. The molecule has 0 radical (unpaired) electrons. The van der Waals surface area contributed by atoms with Crippen molar-refractivity contribution in [2.75, 3.05) is 6.61 Å². The normalized spacial score (nSPS) is 13.3. The van der Waals surface area contributed by atoms with Gasteiger partial charge in [0, 0.05) is 6.42 Å². The zero-order valence-corrected chi connectivity index (χ0v) is 26.9. The van der Waals surface area contributed by atoms with Crippen molar-refractivity contribution in [3.63, 3.8) is 0 Å². The van der Waals surface area contributed by atoms with E-state index in [0.717, 1.165) is 96.3 Å². The number of esters is 1. The second-order valence-corrected chi connectivity index (χ2v) is 10.0. The van der Waals surface area contributed by atoms with Crippen LogP contribution >= 0.6 is 0 Å². The monoisotopic (exact) mass is 572 g/mol. The van der Waals surface area contributed by atoms with E-state index in [1.807, 2.05) is 0 Å². The molecule has 0 bridgehead atoms. The highest BCUT2D eigenvalue weighted by atomic mass is 16.5. The van der Waals surface area contributed by atoms with Crippen LogP contribution in [0.1, 0.15) is 117 Å². The van der Waals surface area contributed by atoms with Gasteiger partial charge in [0.05, 0.1) is 6.61 Å². The van der Waals surface area contributed by atoms with Crippen LogP contribution in [0.25, 0.3) is 0 Å². The number of hydrogen-bond donors (Lipinski definition) is 0. The molecule has 0 aliphatic carbocycles. The van der Waals surface area contributed by atoms with E-state index < -0.39 is 0 Å². The zero-order valence-electron chi connectivity index (χ0n) is 26.9. The number of carbonyl (C=O) groups excluding carboxylic acids is 1. The lowest BCUT2D eigenvalue weighted by molar-refractivity contribution is -0.143. The van der Waals surface area contributed by atoms with Crippen LogP contribution in [-0.2, 0) is 9.53 Å². The summed E-state index contributed by atoms with van der Waals surface area (Å²) in [6.45, 7) is 4.85. The van der Waals surface area contributed by atoms with Crippen molar-refractivity contribution in [1.29, 1.82) is 0 Å². The number of ether oxygens (including phenoxy) is 1. The second kappa shape index (κ2) is 35.9. The molecule has 0 aromatic heterocycles. The van der Waals surface area contributed by atoms with Crippen LogP contribution in [0.3, 0.4) is 0 Å². The van der Waals surface area contributed by atoms with Crippen molar-refractivity contribution in [3.05, 3.63) is 122 Å². The predicted molar refractivity (Wildman–Crippen MR) is 188 cm³/mol. The molecule has 0 rings (SSSR count). The number of carbonyl (C=O) groups is 1. The van der Waals surface area contributed by atoms with Gasteiger partial charge in [-0.25, -0.2) is 0 Å². The predicted octanol–water partition coefficient (Wildman–Crippen LogP) is 12.4. The number of allylic oxidation sites excluding steroid dienone is 20. The van der Waals surface area contributed by atoms with Crippen LogP contribution in [0.5, 0.6) is 0 Å². The Labute approximate surface area is 259 Å². The lowest BCUT2D eigenvalue weighted by Crippen LogP contribution is -2.05. The van der Waals surface area contributed by atoms with Crippen molar-refractivity contribution in [2.45, 2.75) is 117 Å². The number of rotatable bonds is 27. The molecule has 0 saturated carbocycles. The summed E-state index contributed by atoms with van der Waals surface area (Å²) in [5.74, 6) is -0.0720. The Bertz CT molecular complexity index is 887. The first-order chi connectivity index (χ1) is 20.8. The molecule has 0 aliphatic rings. The largest absolute Gasteiger partial charge is 0.466 e. The van der Waals surface area contributed by atoms with Gasteiger partial charge in [-0.05, 0) is 96.3 Å². The van der Waals surface area contributed by atoms with E-state index in [1.165, 1.54) is 0 Å². The van der Waals surface area contributed by atoms with Gasteiger partial charge in [0.25, 0.3) is 0 Å². The van der Waals surface area contributed by atoms with Crippen molar-refractivity contribution in [3.8, 4) is 0 Å². The molecule has 0 N–H and O–H groups in total. The zero-order chi connectivity index (χ0) is 30.4. The quantitative estimate of drug-likeness (QED) is 0.0556. The summed E-state index contributed by atoms with van der Waals surface area (Å²) in [6, 6.07) is 0. The molecule has 0 fully saturated rings. The average Bonchev–Trinajstić information content (AvgIpc) is 3.00. The highest BCUT2D eigenvalue weighted by Crippen LogP contribution is 2.04. The maximum absolute atomic E-state index is 11.9. The third-order valence-corrected chi connectivity index (χ3v) is 6.10. The summed E-state index contributed by atoms with van der Waals surface area (Å²) in [4.78, 5) is 11.9. The first-order valence-corrected chi connectivity index (χ1v) is 16.5. The first kappa shape index (κ1) is 38.9. The third-order valence-electron chi connectivity index (χ3n) is 6.10. The summed E-state index contributed by atoms with van der Waals surface area (Å²) in [5, 5.41) is 0. The lowest BCUT2D eigenvalue weighted by Gasteiger charge is -2.03. The number of hydrogen-bond acceptors (Lipinski definition) is 2. The highest BCUT2D eigenvalue weighted by molar-refractivity contribution is 5.69. The van der Waals surface area contributed by atoms with E-state index in [2.05, 4.69) is 135 Å². The third kappa shape index (κ3) is 34.9. The maximum atomic E-state index is 11.9. The van der Waals surface area contributed by atoms with Gasteiger partial charge >= 0.3 is 5.97 Å². The van der Waals surface area contributed by atoms with Gasteiger partial charge in [-0.15, -0.1) is 0 Å². The Balaban J connectivity index is 3.54. The van der Waals surface area contributed by atoms with E-state index in [1.54, 1.807) is 0 Å². The summed E-state index contributed by atoms with van der Waals surface area (Å²) < 4.78 is 5.36. The van der Waals surface area contributed by atoms with E-state index >= 15 is 0 Å². The molecule has 0 atom stereocenters. The molecule has 232 valence electrons. The minimum absolute atomic E-state index is 0.0720. The first-order valence-electron chi connectivity index (χ1n) is 16.5.